The molecule has 4 rings (SSSR count). The first kappa shape index (κ1) is 22.8. The molecule has 1 fully saturated rings. The van der Waals surface area contributed by atoms with Crippen LogP contribution in [-0.2, 0) is 17.5 Å². The number of fused-ring (bicyclic) bond motifs is 1. The van der Waals surface area contributed by atoms with Gasteiger partial charge in [-0.3, -0.25) is 10.1 Å². The van der Waals surface area contributed by atoms with Gasteiger partial charge in [0.15, 0.2) is 0 Å². The Morgan fingerprint density at radius 1 is 1.09 bits per heavy atom. The van der Waals surface area contributed by atoms with E-state index < -0.39 is 23.8 Å². The summed E-state index contributed by atoms with van der Waals surface area (Å²) in [6, 6.07) is 11.8. The monoisotopic (exact) mass is 461 g/mol. The highest BCUT2D eigenvalue weighted by atomic mass is 32.1. The van der Waals surface area contributed by atoms with E-state index in [-0.39, 0.29) is 5.92 Å². The molecule has 1 aromatic heterocycles. The summed E-state index contributed by atoms with van der Waals surface area (Å²) >= 11 is 1.55. The third kappa shape index (κ3) is 4.99. The molecule has 1 saturated carbocycles. The van der Waals surface area contributed by atoms with E-state index in [9.17, 15) is 18.0 Å². The van der Waals surface area contributed by atoms with E-state index in [4.69, 9.17) is 5.11 Å². The topological polar surface area (TPSA) is 49.3 Å². The molecule has 32 heavy (non-hydrogen) atoms. The van der Waals surface area contributed by atoms with Gasteiger partial charge in [-0.25, -0.2) is 0 Å². The standard InChI is InChI=1S/C25H26F3NO2S/c1-15(24(30)31)29-14-20-12-19-11-17(8-10-23(19)32-20)18-7-9-21(16-5-3-2-4-6-16)22(13-18)25(26,27)28/h7-13,15-16,29H,2-6,14H2,1H3,(H,30,31). The number of benzene rings is 2. The highest BCUT2D eigenvalue weighted by molar-refractivity contribution is 7.19. The molecule has 7 heteroatoms. The summed E-state index contributed by atoms with van der Waals surface area (Å²) in [4.78, 5) is 12.0. The number of thiophene rings is 1. The minimum Gasteiger partial charge on any atom is -0.480 e. The Bertz CT molecular complexity index is 1120. The summed E-state index contributed by atoms with van der Waals surface area (Å²) in [7, 11) is 0. The lowest BCUT2D eigenvalue weighted by molar-refractivity contribution is -0.139. The van der Waals surface area contributed by atoms with E-state index in [1.54, 1.807) is 24.3 Å². The number of aliphatic carboxylic acids is 1. The molecule has 1 aliphatic carbocycles. The minimum absolute atomic E-state index is 0.0166. The number of rotatable bonds is 6. The predicted octanol–water partition coefficient (Wildman–Crippen LogP) is 7.20. The number of carboxylic acid groups (broad SMARTS) is 1. The fourth-order valence-electron chi connectivity index (χ4n) is 4.46. The molecular weight excluding hydrogens is 435 g/mol. The van der Waals surface area contributed by atoms with Crippen LogP contribution in [-0.4, -0.2) is 17.1 Å². The molecule has 1 atom stereocenters. The number of nitrogens with one attached hydrogen (secondary N) is 1. The molecule has 0 aliphatic heterocycles. The summed E-state index contributed by atoms with van der Waals surface area (Å²) < 4.78 is 42.8. The molecule has 1 heterocycles. The van der Waals surface area contributed by atoms with Gasteiger partial charge in [-0.2, -0.15) is 13.2 Å². The van der Waals surface area contributed by atoms with Gasteiger partial charge in [0.2, 0.25) is 0 Å². The van der Waals surface area contributed by atoms with E-state index in [0.29, 0.717) is 17.7 Å². The van der Waals surface area contributed by atoms with Crippen LogP contribution in [0.1, 0.15) is 60.9 Å². The molecule has 0 radical (unpaired) electrons. The summed E-state index contributed by atoms with van der Waals surface area (Å²) in [6.07, 6.45) is 0.335. The summed E-state index contributed by atoms with van der Waals surface area (Å²) in [6.45, 7) is 2.01. The zero-order chi connectivity index (χ0) is 22.9. The third-order valence-corrected chi connectivity index (χ3v) is 7.37. The molecule has 0 amide bonds. The van der Waals surface area contributed by atoms with E-state index in [0.717, 1.165) is 52.6 Å². The van der Waals surface area contributed by atoms with Crippen LogP contribution in [0, 0.1) is 0 Å². The number of carboxylic acids is 1. The Labute approximate surface area is 189 Å². The third-order valence-electron chi connectivity index (χ3n) is 6.26. The van der Waals surface area contributed by atoms with Crippen molar-refractivity contribution in [3.63, 3.8) is 0 Å². The molecule has 3 nitrogen and oxygen atoms in total. The Morgan fingerprint density at radius 2 is 1.78 bits per heavy atom. The zero-order valence-electron chi connectivity index (χ0n) is 17.8. The molecule has 0 bridgehead atoms. The second kappa shape index (κ2) is 9.24. The Morgan fingerprint density at radius 3 is 2.47 bits per heavy atom. The summed E-state index contributed by atoms with van der Waals surface area (Å²) in [5.74, 6) is -0.928. The normalized spacial score (nSPS) is 16.4. The van der Waals surface area contributed by atoms with Gasteiger partial charge >= 0.3 is 12.1 Å². The summed E-state index contributed by atoms with van der Waals surface area (Å²) in [5.41, 5.74) is 1.22. The van der Waals surface area contributed by atoms with Crippen LogP contribution in [0.2, 0.25) is 0 Å². The first-order chi connectivity index (χ1) is 15.2. The van der Waals surface area contributed by atoms with Gasteiger partial charge in [0, 0.05) is 16.1 Å². The van der Waals surface area contributed by atoms with Crippen molar-refractivity contribution < 1.29 is 23.1 Å². The number of hydrogen-bond donors (Lipinski definition) is 2. The van der Waals surface area contributed by atoms with Crippen LogP contribution in [0.15, 0.2) is 42.5 Å². The SMILES string of the molecule is CC(NCc1cc2cc(-c3ccc(C4CCCCC4)c(C(F)(F)F)c3)ccc2s1)C(=O)O. The van der Waals surface area contributed by atoms with Crippen LogP contribution in [0.3, 0.4) is 0 Å². The number of alkyl halides is 3. The number of carbonyl (C=O) groups is 1. The van der Waals surface area contributed by atoms with Crippen molar-refractivity contribution in [3.05, 3.63) is 58.5 Å². The zero-order valence-corrected chi connectivity index (χ0v) is 18.7. The van der Waals surface area contributed by atoms with Crippen molar-refractivity contribution in [1.29, 1.82) is 0 Å². The molecule has 1 aliphatic rings. The van der Waals surface area contributed by atoms with E-state index in [2.05, 4.69) is 5.32 Å². The maximum atomic E-state index is 13.9. The predicted molar refractivity (Wildman–Crippen MR) is 122 cm³/mol. The highest BCUT2D eigenvalue weighted by Crippen LogP contribution is 2.42. The molecule has 170 valence electrons. The van der Waals surface area contributed by atoms with Crippen LogP contribution in [0.5, 0.6) is 0 Å². The maximum Gasteiger partial charge on any atom is 0.416 e. The molecule has 2 N–H and O–H groups in total. The molecule has 2 aromatic carbocycles. The first-order valence-corrected chi connectivity index (χ1v) is 11.7. The van der Waals surface area contributed by atoms with Gasteiger partial charge < -0.3 is 5.11 Å². The van der Waals surface area contributed by atoms with Gasteiger partial charge in [0.05, 0.1) is 5.56 Å². The Kier molecular flexibility index (Phi) is 6.58. The Hall–Kier alpha value is -2.38. The minimum atomic E-state index is -4.38. The van der Waals surface area contributed by atoms with E-state index in [1.165, 1.54) is 6.07 Å². The van der Waals surface area contributed by atoms with Crippen molar-refractivity contribution in [1.82, 2.24) is 5.32 Å². The Balaban J connectivity index is 1.63. The van der Waals surface area contributed by atoms with Crippen LogP contribution in [0.25, 0.3) is 21.2 Å². The lowest BCUT2D eigenvalue weighted by Crippen LogP contribution is -2.32. The lowest BCUT2D eigenvalue weighted by atomic mass is 9.81. The van der Waals surface area contributed by atoms with E-state index >= 15 is 0 Å². The molecular formula is C25H26F3NO2S. The average molecular weight is 462 g/mol. The van der Waals surface area contributed by atoms with Crippen molar-refractivity contribution in [2.24, 2.45) is 0 Å². The van der Waals surface area contributed by atoms with Gasteiger partial charge in [-0.15, -0.1) is 11.3 Å². The maximum absolute atomic E-state index is 13.9. The summed E-state index contributed by atoms with van der Waals surface area (Å²) in [5, 5.41) is 12.9. The molecule has 0 saturated heterocycles. The second-order valence-corrected chi connectivity index (χ2v) is 9.71. The van der Waals surface area contributed by atoms with Gasteiger partial charge in [0.25, 0.3) is 0 Å². The second-order valence-electron chi connectivity index (χ2n) is 8.54. The molecule has 1 unspecified atom stereocenters. The van der Waals surface area contributed by atoms with Crippen molar-refractivity contribution in [3.8, 4) is 11.1 Å². The van der Waals surface area contributed by atoms with Crippen molar-refractivity contribution >= 4 is 27.4 Å². The first-order valence-electron chi connectivity index (χ1n) is 10.9. The van der Waals surface area contributed by atoms with Gasteiger partial charge in [0.1, 0.15) is 6.04 Å². The van der Waals surface area contributed by atoms with Crippen molar-refractivity contribution in [2.75, 3.05) is 0 Å². The van der Waals surface area contributed by atoms with Crippen LogP contribution in [0.4, 0.5) is 13.2 Å². The smallest absolute Gasteiger partial charge is 0.416 e. The number of halogens is 3. The molecule has 3 aromatic rings. The van der Waals surface area contributed by atoms with Crippen LogP contribution >= 0.6 is 11.3 Å². The largest absolute Gasteiger partial charge is 0.480 e. The lowest BCUT2D eigenvalue weighted by Gasteiger charge is -2.25. The molecule has 0 spiro atoms. The fourth-order valence-corrected chi connectivity index (χ4v) is 5.45. The van der Waals surface area contributed by atoms with Crippen molar-refractivity contribution in [2.45, 2.75) is 63.7 Å². The van der Waals surface area contributed by atoms with E-state index in [1.807, 2.05) is 30.3 Å². The van der Waals surface area contributed by atoms with Gasteiger partial charge in [-0.05, 0) is 72.0 Å². The van der Waals surface area contributed by atoms with Gasteiger partial charge in [-0.1, -0.05) is 37.5 Å². The quantitative estimate of drug-likeness (QED) is 0.408. The van der Waals surface area contributed by atoms with Crippen LogP contribution < -0.4 is 5.32 Å². The fraction of sp³-hybridized carbons (Fsp3) is 0.400. The highest BCUT2D eigenvalue weighted by Gasteiger charge is 2.35. The number of hydrogen-bond acceptors (Lipinski definition) is 3. The average Bonchev–Trinajstić information content (AvgIpc) is 3.19.